The number of carbonyl (C=O) groups is 1. The molecule has 0 saturated carbocycles. The molecule has 0 aromatic heterocycles. The van der Waals surface area contributed by atoms with Gasteiger partial charge in [-0.15, -0.1) is 0 Å². The van der Waals surface area contributed by atoms with Gasteiger partial charge in [-0.25, -0.2) is 0 Å². The molecule has 0 spiro atoms. The predicted octanol–water partition coefficient (Wildman–Crippen LogP) is 3.58. The maximum Gasteiger partial charge on any atom is 0.223 e. The minimum Gasteiger partial charge on any atom is -0.389 e. The summed E-state index contributed by atoms with van der Waals surface area (Å²) >= 11 is 0. The minimum absolute atomic E-state index is 0.187. The Kier molecular flexibility index (Phi) is 5.54. The number of carbonyl (C=O) groups excluding carboxylic acids is 1. The van der Waals surface area contributed by atoms with Crippen LogP contribution in [0.1, 0.15) is 43.2 Å². The fourth-order valence-electron chi connectivity index (χ4n) is 3.56. The number of likely N-dealkylation sites (tertiary alicyclic amines) is 1. The molecule has 3 heteroatoms. The summed E-state index contributed by atoms with van der Waals surface area (Å²) in [5.74, 6) is 0.404. The van der Waals surface area contributed by atoms with Gasteiger partial charge in [-0.3, -0.25) is 4.79 Å². The largest absolute Gasteiger partial charge is 0.389 e. The zero-order valence-corrected chi connectivity index (χ0v) is 14.8. The third kappa shape index (κ3) is 4.70. The van der Waals surface area contributed by atoms with Crippen LogP contribution in [0.4, 0.5) is 0 Å². The topological polar surface area (TPSA) is 40.5 Å². The molecule has 1 amide bonds. The molecule has 3 rings (SSSR count). The number of rotatable bonds is 5. The van der Waals surface area contributed by atoms with Gasteiger partial charge in [0.15, 0.2) is 0 Å². The molecule has 1 aliphatic rings. The molecule has 1 atom stereocenters. The quantitative estimate of drug-likeness (QED) is 0.907. The second-order valence-corrected chi connectivity index (χ2v) is 7.21. The predicted molar refractivity (Wildman–Crippen MR) is 99.2 cm³/mol. The Hall–Kier alpha value is -2.13. The highest BCUT2D eigenvalue weighted by Crippen LogP contribution is 2.28. The Morgan fingerprint density at radius 2 is 1.92 bits per heavy atom. The highest BCUT2D eigenvalue weighted by molar-refractivity contribution is 5.77. The van der Waals surface area contributed by atoms with E-state index in [0.29, 0.717) is 38.8 Å². The molecule has 1 aliphatic heterocycles. The second-order valence-electron chi connectivity index (χ2n) is 7.21. The second kappa shape index (κ2) is 7.83. The van der Waals surface area contributed by atoms with E-state index >= 15 is 0 Å². The van der Waals surface area contributed by atoms with Crippen LogP contribution >= 0.6 is 0 Å². The molecule has 0 bridgehead atoms. The Morgan fingerprint density at radius 3 is 2.56 bits per heavy atom. The van der Waals surface area contributed by atoms with E-state index in [0.717, 1.165) is 5.56 Å². The van der Waals surface area contributed by atoms with E-state index < -0.39 is 5.60 Å². The maximum absolute atomic E-state index is 12.6. The number of hydrogen-bond donors (Lipinski definition) is 1. The molecule has 0 unspecified atom stereocenters. The van der Waals surface area contributed by atoms with Crippen LogP contribution in [0.5, 0.6) is 0 Å². The lowest BCUT2D eigenvalue weighted by Gasteiger charge is -2.38. The summed E-state index contributed by atoms with van der Waals surface area (Å²) in [7, 11) is 0. The van der Waals surface area contributed by atoms with E-state index in [4.69, 9.17) is 0 Å². The molecule has 1 radical (unpaired) electrons. The van der Waals surface area contributed by atoms with Crippen LogP contribution in [0.3, 0.4) is 0 Å². The molecule has 131 valence electrons. The Bertz CT molecular complexity index is 676. The van der Waals surface area contributed by atoms with Gasteiger partial charge in [0, 0.05) is 25.9 Å². The van der Waals surface area contributed by atoms with Crippen LogP contribution in [0, 0.1) is 6.07 Å². The number of hydrogen-bond acceptors (Lipinski definition) is 2. The van der Waals surface area contributed by atoms with Crippen molar-refractivity contribution in [1.82, 2.24) is 4.90 Å². The lowest BCUT2D eigenvalue weighted by molar-refractivity contribution is -0.135. The minimum atomic E-state index is -0.711. The first-order chi connectivity index (χ1) is 12.1. The van der Waals surface area contributed by atoms with Gasteiger partial charge in [0.2, 0.25) is 5.91 Å². The van der Waals surface area contributed by atoms with Crippen LogP contribution in [0.25, 0.3) is 0 Å². The van der Waals surface area contributed by atoms with Crippen molar-refractivity contribution in [2.75, 3.05) is 13.1 Å². The van der Waals surface area contributed by atoms with E-state index in [-0.39, 0.29) is 11.8 Å². The molecule has 25 heavy (non-hydrogen) atoms. The van der Waals surface area contributed by atoms with Crippen LogP contribution < -0.4 is 0 Å². The number of benzene rings is 2. The van der Waals surface area contributed by atoms with Crippen molar-refractivity contribution in [2.45, 2.75) is 44.1 Å². The summed E-state index contributed by atoms with van der Waals surface area (Å²) in [6, 6.07) is 21.0. The van der Waals surface area contributed by atoms with E-state index in [9.17, 15) is 9.90 Å². The fourth-order valence-corrected chi connectivity index (χ4v) is 3.56. The molecule has 2 aromatic rings. The van der Waals surface area contributed by atoms with Crippen molar-refractivity contribution < 1.29 is 9.90 Å². The molecule has 3 nitrogen and oxygen atoms in total. The summed E-state index contributed by atoms with van der Waals surface area (Å²) in [4.78, 5) is 14.5. The monoisotopic (exact) mass is 336 g/mol. The van der Waals surface area contributed by atoms with Crippen LogP contribution in [-0.2, 0) is 11.2 Å². The summed E-state index contributed by atoms with van der Waals surface area (Å²) < 4.78 is 0. The van der Waals surface area contributed by atoms with Crippen molar-refractivity contribution >= 4 is 5.91 Å². The summed E-state index contributed by atoms with van der Waals surface area (Å²) in [6.45, 7) is 3.36. The zero-order chi connectivity index (χ0) is 17.7. The average Bonchev–Trinajstić information content (AvgIpc) is 2.63. The number of piperidine rings is 1. The zero-order valence-electron chi connectivity index (χ0n) is 14.8. The van der Waals surface area contributed by atoms with Gasteiger partial charge in [-0.1, -0.05) is 61.5 Å². The average molecular weight is 336 g/mol. The van der Waals surface area contributed by atoms with Gasteiger partial charge in [-0.05, 0) is 36.0 Å². The maximum atomic E-state index is 12.6. The van der Waals surface area contributed by atoms with Crippen molar-refractivity contribution in [2.24, 2.45) is 0 Å². The third-order valence-corrected chi connectivity index (χ3v) is 5.20. The first kappa shape index (κ1) is 17.7. The van der Waals surface area contributed by atoms with E-state index in [1.54, 1.807) is 0 Å². The smallest absolute Gasteiger partial charge is 0.223 e. The van der Waals surface area contributed by atoms with E-state index in [2.05, 4.69) is 25.1 Å². The van der Waals surface area contributed by atoms with Crippen molar-refractivity contribution in [1.29, 1.82) is 0 Å². The first-order valence-corrected chi connectivity index (χ1v) is 9.06. The van der Waals surface area contributed by atoms with Crippen LogP contribution in [0.15, 0.2) is 54.6 Å². The van der Waals surface area contributed by atoms with Gasteiger partial charge in [0.25, 0.3) is 0 Å². The van der Waals surface area contributed by atoms with Gasteiger partial charge in [-0.2, -0.15) is 0 Å². The van der Waals surface area contributed by atoms with Crippen LogP contribution in [0.2, 0.25) is 0 Å². The van der Waals surface area contributed by atoms with Crippen LogP contribution in [-0.4, -0.2) is 34.6 Å². The number of aliphatic hydroxyl groups is 1. The molecule has 2 aromatic carbocycles. The van der Waals surface area contributed by atoms with Gasteiger partial charge < -0.3 is 10.0 Å². The van der Waals surface area contributed by atoms with Gasteiger partial charge >= 0.3 is 0 Å². The highest BCUT2D eigenvalue weighted by atomic mass is 16.3. The summed E-state index contributed by atoms with van der Waals surface area (Å²) in [6.07, 6.45) is 2.42. The lowest BCUT2D eigenvalue weighted by atomic mass is 9.85. The molecule has 1 N–H and O–H groups in total. The molecule has 1 heterocycles. The molecule has 1 saturated heterocycles. The van der Waals surface area contributed by atoms with E-state index in [1.807, 2.05) is 47.4 Å². The highest BCUT2D eigenvalue weighted by Gasteiger charge is 2.34. The first-order valence-electron chi connectivity index (χ1n) is 9.06. The summed E-state index contributed by atoms with van der Waals surface area (Å²) in [5.41, 5.74) is 1.59. The molecule has 1 fully saturated rings. The third-order valence-electron chi connectivity index (χ3n) is 5.20. The normalized spacial score (nSPS) is 17.9. The Morgan fingerprint density at radius 1 is 1.20 bits per heavy atom. The molecule has 0 aliphatic carbocycles. The van der Waals surface area contributed by atoms with E-state index in [1.165, 1.54) is 5.56 Å². The van der Waals surface area contributed by atoms with Crippen molar-refractivity contribution in [3.8, 4) is 0 Å². The van der Waals surface area contributed by atoms with Gasteiger partial charge in [0.05, 0.1) is 5.60 Å². The Balaban J connectivity index is 1.52. The van der Waals surface area contributed by atoms with Gasteiger partial charge in [0.1, 0.15) is 0 Å². The lowest BCUT2D eigenvalue weighted by Crippen LogP contribution is -2.47. The Labute approximate surface area is 150 Å². The molecular formula is C22H26NO2. The molecular weight excluding hydrogens is 310 g/mol. The summed E-state index contributed by atoms with van der Waals surface area (Å²) in [5, 5.41) is 10.8. The standard InChI is InChI=1S/C22H26NO2/c1-18(20-10-6-3-7-11-20)16-21(24)23-14-12-22(25,13-15-23)17-19-8-4-2-5-9-19/h2-4,6-11,18,25H,12-17H2,1H3/t18-/m1/s1. The van der Waals surface area contributed by atoms with Crippen molar-refractivity contribution in [3.63, 3.8) is 0 Å². The fraction of sp³-hybridized carbons (Fsp3) is 0.409. The number of nitrogens with zero attached hydrogens (tertiary/aromatic N) is 1. The number of amides is 1. The van der Waals surface area contributed by atoms with Crippen molar-refractivity contribution in [3.05, 3.63) is 71.8 Å². The SMILES string of the molecule is C[C@H](CC(=O)N1CCC(O)(Cc2c[c]ccc2)CC1)c1ccccc1.